The van der Waals surface area contributed by atoms with Gasteiger partial charge in [0.05, 0.1) is 11.3 Å². The molecule has 29 heavy (non-hydrogen) atoms. The molecule has 0 radical (unpaired) electrons. The molecule has 3 heterocycles. The Morgan fingerprint density at radius 1 is 1.14 bits per heavy atom. The molecule has 4 aromatic rings. The number of benzene rings is 1. The molecule has 0 aliphatic rings. The lowest BCUT2D eigenvalue weighted by Gasteiger charge is -2.11. The van der Waals surface area contributed by atoms with Gasteiger partial charge in [-0.1, -0.05) is 18.2 Å². The Morgan fingerprint density at radius 2 is 1.97 bits per heavy atom. The molecular formula is C21H19N5O2S. The van der Waals surface area contributed by atoms with E-state index in [4.69, 9.17) is 0 Å². The van der Waals surface area contributed by atoms with Crippen molar-refractivity contribution in [3.05, 3.63) is 64.3 Å². The molecule has 0 atom stereocenters. The summed E-state index contributed by atoms with van der Waals surface area (Å²) in [5.74, 6) is 0.909. The first-order valence-corrected chi connectivity index (χ1v) is 9.98. The van der Waals surface area contributed by atoms with Crippen LogP contribution in [0.3, 0.4) is 0 Å². The van der Waals surface area contributed by atoms with Gasteiger partial charge in [0.25, 0.3) is 5.78 Å². The highest BCUT2D eigenvalue weighted by molar-refractivity contribution is 7.13. The fourth-order valence-corrected chi connectivity index (χ4v) is 3.81. The Balaban J connectivity index is 1.61. The van der Waals surface area contributed by atoms with Gasteiger partial charge in [-0.15, -0.1) is 16.4 Å². The molecule has 0 saturated carbocycles. The fourth-order valence-electron chi connectivity index (χ4n) is 3.16. The third kappa shape index (κ3) is 3.79. The Bertz CT molecular complexity index is 1230. The summed E-state index contributed by atoms with van der Waals surface area (Å²) in [5.41, 5.74) is 3.53. The first-order chi connectivity index (χ1) is 13.9. The predicted molar refractivity (Wildman–Crippen MR) is 112 cm³/mol. The topological polar surface area (TPSA) is 89.2 Å². The predicted octanol–water partition coefficient (Wildman–Crippen LogP) is 3.85. The molecule has 8 heteroatoms. The van der Waals surface area contributed by atoms with Crippen LogP contribution in [0.15, 0.2) is 41.8 Å². The highest BCUT2D eigenvalue weighted by Gasteiger charge is 2.17. The van der Waals surface area contributed by atoms with Gasteiger partial charge in [-0.05, 0) is 44.4 Å². The molecule has 0 spiro atoms. The number of carbonyl (C=O) groups excluding carboxylic acids is 2. The van der Waals surface area contributed by atoms with Crippen molar-refractivity contribution in [3.8, 4) is 10.7 Å². The van der Waals surface area contributed by atoms with Gasteiger partial charge in [0.1, 0.15) is 0 Å². The normalized spacial score (nSPS) is 11.0. The van der Waals surface area contributed by atoms with E-state index in [1.165, 1.54) is 6.92 Å². The highest BCUT2D eigenvalue weighted by Crippen LogP contribution is 2.23. The second-order valence-electron chi connectivity index (χ2n) is 6.75. The SMILES string of the molecule is CC(=O)c1cccc(NC(=O)Cc2c(C)nc3nc(-c4cccs4)nn3c2C)c1. The van der Waals surface area contributed by atoms with E-state index in [-0.39, 0.29) is 18.1 Å². The first kappa shape index (κ1) is 18.9. The summed E-state index contributed by atoms with van der Waals surface area (Å²) in [7, 11) is 0. The molecule has 0 bridgehead atoms. The molecule has 7 nitrogen and oxygen atoms in total. The number of fused-ring (bicyclic) bond motifs is 1. The Hall–Kier alpha value is -3.39. The molecule has 1 N–H and O–H groups in total. The van der Waals surface area contributed by atoms with E-state index in [1.54, 1.807) is 40.1 Å². The molecular weight excluding hydrogens is 386 g/mol. The van der Waals surface area contributed by atoms with Gasteiger partial charge in [-0.2, -0.15) is 4.98 Å². The van der Waals surface area contributed by atoms with Crippen molar-refractivity contribution in [2.24, 2.45) is 0 Å². The van der Waals surface area contributed by atoms with Gasteiger partial charge >= 0.3 is 0 Å². The van der Waals surface area contributed by atoms with Crippen LogP contribution < -0.4 is 5.32 Å². The van der Waals surface area contributed by atoms with Crippen LogP contribution in [0.4, 0.5) is 5.69 Å². The monoisotopic (exact) mass is 405 g/mol. The van der Waals surface area contributed by atoms with Crippen LogP contribution in [0.1, 0.15) is 34.2 Å². The molecule has 0 fully saturated rings. The minimum atomic E-state index is -0.184. The van der Waals surface area contributed by atoms with E-state index >= 15 is 0 Å². The summed E-state index contributed by atoms with van der Waals surface area (Å²) in [6.07, 6.45) is 0.152. The van der Waals surface area contributed by atoms with Crippen LogP contribution in [0, 0.1) is 13.8 Å². The maximum atomic E-state index is 12.6. The smallest absolute Gasteiger partial charge is 0.253 e. The molecule has 1 amide bonds. The van der Waals surface area contributed by atoms with E-state index in [9.17, 15) is 9.59 Å². The molecule has 0 aliphatic heterocycles. The van der Waals surface area contributed by atoms with Crippen molar-refractivity contribution in [2.75, 3.05) is 5.32 Å². The van der Waals surface area contributed by atoms with Crippen molar-refractivity contribution in [2.45, 2.75) is 27.2 Å². The van der Waals surface area contributed by atoms with Crippen molar-refractivity contribution in [1.82, 2.24) is 19.6 Å². The number of aryl methyl sites for hydroxylation is 2. The second-order valence-corrected chi connectivity index (χ2v) is 7.70. The molecule has 1 aromatic carbocycles. The van der Waals surface area contributed by atoms with Crippen LogP contribution in [0.5, 0.6) is 0 Å². The number of anilines is 1. The minimum absolute atomic E-state index is 0.0461. The molecule has 146 valence electrons. The third-order valence-electron chi connectivity index (χ3n) is 4.68. The molecule has 0 aliphatic carbocycles. The summed E-state index contributed by atoms with van der Waals surface area (Å²) in [5, 5.41) is 9.39. The zero-order valence-electron chi connectivity index (χ0n) is 16.3. The summed E-state index contributed by atoms with van der Waals surface area (Å²) in [6, 6.07) is 10.8. The number of ketones is 1. The van der Waals surface area contributed by atoms with E-state index in [1.807, 2.05) is 31.4 Å². The van der Waals surface area contributed by atoms with E-state index < -0.39 is 0 Å². The lowest BCUT2D eigenvalue weighted by Crippen LogP contribution is -2.18. The number of hydrogen-bond acceptors (Lipinski definition) is 6. The van der Waals surface area contributed by atoms with E-state index in [2.05, 4.69) is 20.4 Å². The summed E-state index contributed by atoms with van der Waals surface area (Å²) >= 11 is 1.57. The number of carbonyl (C=O) groups is 2. The van der Waals surface area contributed by atoms with Gasteiger partial charge < -0.3 is 5.32 Å². The van der Waals surface area contributed by atoms with Crippen LogP contribution in [-0.2, 0) is 11.2 Å². The van der Waals surface area contributed by atoms with Gasteiger partial charge in [0, 0.05) is 28.2 Å². The summed E-state index contributed by atoms with van der Waals surface area (Å²) < 4.78 is 1.68. The maximum absolute atomic E-state index is 12.6. The van der Waals surface area contributed by atoms with Crippen LogP contribution >= 0.6 is 11.3 Å². The second kappa shape index (κ2) is 7.56. The van der Waals surface area contributed by atoms with Gasteiger partial charge in [-0.3, -0.25) is 9.59 Å². The maximum Gasteiger partial charge on any atom is 0.253 e. The third-order valence-corrected chi connectivity index (χ3v) is 5.55. The van der Waals surface area contributed by atoms with Crippen LogP contribution in [0.25, 0.3) is 16.5 Å². The van der Waals surface area contributed by atoms with Gasteiger partial charge in [0.15, 0.2) is 11.6 Å². The van der Waals surface area contributed by atoms with Crippen molar-refractivity contribution in [1.29, 1.82) is 0 Å². The van der Waals surface area contributed by atoms with Gasteiger partial charge in [-0.25, -0.2) is 9.50 Å². The van der Waals surface area contributed by atoms with E-state index in [0.29, 0.717) is 22.9 Å². The van der Waals surface area contributed by atoms with Crippen molar-refractivity contribution >= 4 is 34.5 Å². The standard InChI is InChI=1S/C21H19N5O2S/c1-12-17(11-19(28)23-16-7-4-6-15(10-16)14(3)27)13(2)26-21(22-12)24-20(25-26)18-8-5-9-29-18/h4-10H,11H2,1-3H3,(H,23,28). The van der Waals surface area contributed by atoms with Gasteiger partial charge in [0.2, 0.25) is 5.91 Å². The number of aromatic nitrogens is 4. The molecule has 0 unspecified atom stereocenters. The summed E-state index contributed by atoms with van der Waals surface area (Å²) in [4.78, 5) is 34.2. The average molecular weight is 405 g/mol. The molecule has 0 saturated heterocycles. The minimum Gasteiger partial charge on any atom is -0.326 e. The Labute approximate surface area is 171 Å². The first-order valence-electron chi connectivity index (χ1n) is 9.10. The Kier molecular flexibility index (Phi) is 4.94. The number of amides is 1. The number of nitrogens with one attached hydrogen (secondary N) is 1. The van der Waals surface area contributed by atoms with Crippen molar-refractivity contribution < 1.29 is 9.59 Å². The number of thiophene rings is 1. The molecule has 4 rings (SSSR count). The fraction of sp³-hybridized carbons (Fsp3) is 0.190. The lowest BCUT2D eigenvalue weighted by molar-refractivity contribution is -0.115. The number of hydrogen-bond donors (Lipinski definition) is 1. The Morgan fingerprint density at radius 3 is 2.69 bits per heavy atom. The van der Waals surface area contributed by atoms with Crippen LogP contribution in [0.2, 0.25) is 0 Å². The zero-order chi connectivity index (χ0) is 20.5. The number of rotatable bonds is 5. The zero-order valence-corrected chi connectivity index (χ0v) is 17.1. The average Bonchev–Trinajstić information content (AvgIpc) is 3.35. The molecule has 3 aromatic heterocycles. The highest BCUT2D eigenvalue weighted by atomic mass is 32.1. The van der Waals surface area contributed by atoms with Crippen molar-refractivity contribution in [3.63, 3.8) is 0 Å². The quantitative estimate of drug-likeness (QED) is 0.510. The lowest BCUT2D eigenvalue weighted by atomic mass is 10.1. The van der Waals surface area contributed by atoms with E-state index in [0.717, 1.165) is 21.8 Å². The van der Waals surface area contributed by atoms with Crippen LogP contribution in [-0.4, -0.2) is 31.3 Å². The number of Topliss-reactive ketones (excluding diaryl/α,β-unsaturated/α-hetero) is 1. The summed E-state index contributed by atoms with van der Waals surface area (Å²) in [6.45, 7) is 5.27. The number of nitrogens with zero attached hydrogens (tertiary/aromatic N) is 4. The largest absolute Gasteiger partial charge is 0.326 e.